The molecule has 0 unspecified atom stereocenters. The minimum absolute atomic E-state index is 0.0979. The van der Waals surface area contributed by atoms with Gasteiger partial charge in [0.05, 0.1) is 5.54 Å². The SMILES string of the molecule is NC1(C2CC2)CN(c2ccc3c(n2)CCC3)C1. The molecule has 3 nitrogen and oxygen atoms in total. The summed E-state index contributed by atoms with van der Waals surface area (Å²) in [6.07, 6.45) is 6.32. The quantitative estimate of drug-likeness (QED) is 0.835. The number of pyridine rings is 1. The zero-order valence-corrected chi connectivity index (χ0v) is 10.2. The van der Waals surface area contributed by atoms with Gasteiger partial charge >= 0.3 is 0 Å². The van der Waals surface area contributed by atoms with Gasteiger partial charge in [-0.25, -0.2) is 4.98 Å². The van der Waals surface area contributed by atoms with Crippen LogP contribution in [0.5, 0.6) is 0 Å². The highest BCUT2D eigenvalue weighted by Crippen LogP contribution is 2.44. The number of fused-ring (bicyclic) bond motifs is 1. The second-order valence-corrected chi connectivity index (χ2v) is 5.99. The maximum Gasteiger partial charge on any atom is 0.128 e. The molecular formula is C14H19N3. The number of nitrogens with zero attached hydrogens (tertiary/aromatic N) is 2. The van der Waals surface area contributed by atoms with Gasteiger partial charge in [0, 0.05) is 18.8 Å². The molecule has 3 heteroatoms. The second kappa shape index (κ2) is 3.22. The highest BCUT2D eigenvalue weighted by Gasteiger charge is 2.50. The van der Waals surface area contributed by atoms with Crippen molar-refractivity contribution < 1.29 is 0 Å². The number of aromatic nitrogens is 1. The van der Waals surface area contributed by atoms with E-state index in [0.717, 1.165) is 31.2 Å². The molecule has 2 fully saturated rings. The van der Waals surface area contributed by atoms with Crippen molar-refractivity contribution in [2.45, 2.75) is 37.6 Å². The van der Waals surface area contributed by atoms with Crippen molar-refractivity contribution in [1.82, 2.24) is 4.98 Å². The van der Waals surface area contributed by atoms with Crippen LogP contribution in [0.3, 0.4) is 0 Å². The summed E-state index contributed by atoms with van der Waals surface area (Å²) in [5.74, 6) is 1.93. The Morgan fingerprint density at radius 1 is 1.24 bits per heavy atom. The Bertz CT molecular complexity index is 459. The average Bonchev–Trinajstić information content (AvgIpc) is 3.03. The summed E-state index contributed by atoms with van der Waals surface area (Å²) >= 11 is 0. The van der Waals surface area contributed by atoms with Gasteiger partial charge in [0.25, 0.3) is 0 Å². The predicted molar refractivity (Wildman–Crippen MR) is 68.1 cm³/mol. The summed E-state index contributed by atoms with van der Waals surface area (Å²) in [6.45, 7) is 2.01. The number of anilines is 1. The van der Waals surface area contributed by atoms with Crippen LogP contribution >= 0.6 is 0 Å². The molecule has 2 N–H and O–H groups in total. The zero-order chi connectivity index (χ0) is 11.5. The van der Waals surface area contributed by atoms with Gasteiger partial charge in [-0.05, 0) is 49.7 Å². The minimum Gasteiger partial charge on any atom is -0.353 e. The first-order valence-corrected chi connectivity index (χ1v) is 6.77. The minimum atomic E-state index is 0.0979. The third kappa shape index (κ3) is 1.48. The Hall–Kier alpha value is -1.09. The van der Waals surface area contributed by atoms with Gasteiger partial charge in [-0.15, -0.1) is 0 Å². The summed E-state index contributed by atoms with van der Waals surface area (Å²) in [4.78, 5) is 7.14. The molecule has 1 aromatic rings. The molecule has 0 atom stereocenters. The van der Waals surface area contributed by atoms with E-state index < -0.39 is 0 Å². The molecule has 0 bridgehead atoms. The first-order chi connectivity index (χ1) is 8.24. The first kappa shape index (κ1) is 9.89. The van der Waals surface area contributed by atoms with Crippen LogP contribution in [-0.2, 0) is 12.8 Å². The molecule has 1 aromatic heterocycles. The fraction of sp³-hybridized carbons (Fsp3) is 0.643. The summed E-state index contributed by atoms with van der Waals surface area (Å²) in [5, 5.41) is 0. The number of hydrogen-bond donors (Lipinski definition) is 1. The van der Waals surface area contributed by atoms with E-state index in [9.17, 15) is 0 Å². The van der Waals surface area contributed by atoms with Gasteiger partial charge in [-0.2, -0.15) is 0 Å². The predicted octanol–water partition coefficient (Wildman–Crippen LogP) is 1.50. The number of nitrogens with two attached hydrogens (primary N) is 1. The van der Waals surface area contributed by atoms with Gasteiger partial charge in [0.15, 0.2) is 0 Å². The maximum absolute atomic E-state index is 6.38. The topological polar surface area (TPSA) is 42.1 Å². The molecule has 0 aromatic carbocycles. The fourth-order valence-corrected chi connectivity index (χ4v) is 3.33. The molecule has 0 radical (unpaired) electrons. The highest BCUT2D eigenvalue weighted by molar-refractivity contribution is 5.48. The summed E-state index contributed by atoms with van der Waals surface area (Å²) in [5.41, 5.74) is 9.25. The fourth-order valence-electron chi connectivity index (χ4n) is 3.33. The largest absolute Gasteiger partial charge is 0.353 e. The average molecular weight is 229 g/mol. The van der Waals surface area contributed by atoms with Crippen molar-refractivity contribution >= 4 is 5.82 Å². The van der Waals surface area contributed by atoms with Crippen LogP contribution in [0, 0.1) is 5.92 Å². The van der Waals surface area contributed by atoms with Crippen molar-refractivity contribution in [2.24, 2.45) is 11.7 Å². The molecule has 90 valence electrons. The van der Waals surface area contributed by atoms with Crippen molar-refractivity contribution in [3.8, 4) is 0 Å². The second-order valence-electron chi connectivity index (χ2n) is 5.99. The molecule has 1 saturated carbocycles. The number of hydrogen-bond acceptors (Lipinski definition) is 3. The molecular weight excluding hydrogens is 210 g/mol. The Balaban J connectivity index is 1.53. The normalized spacial score (nSPS) is 25.6. The maximum atomic E-state index is 6.38. The van der Waals surface area contributed by atoms with E-state index in [1.165, 1.54) is 36.9 Å². The smallest absolute Gasteiger partial charge is 0.128 e. The molecule has 3 aliphatic rings. The first-order valence-electron chi connectivity index (χ1n) is 6.77. The van der Waals surface area contributed by atoms with Gasteiger partial charge in [0.2, 0.25) is 0 Å². The van der Waals surface area contributed by atoms with E-state index in [2.05, 4.69) is 17.0 Å². The van der Waals surface area contributed by atoms with Crippen molar-refractivity contribution in [3.63, 3.8) is 0 Å². The van der Waals surface area contributed by atoms with Gasteiger partial charge in [-0.1, -0.05) is 6.07 Å². The van der Waals surface area contributed by atoms with E-state index in [-0.39, 0.29) is 5.54 Å². The highest BCUT2D eigenvalue weighted by atomic mass is 15.3. The van der Waals surface area contributed by atoms with Crippen molar-refractivity contribution in [3.05, 3.63) is 23.4 Å². The standard InChI is InChI=1S/C14H19N3/c15-14(11-5-6-11)8-17(9-14)13-7-4-10-2-1-3-12(10)16-13/h4,7,11H,1-3,5-6,8-9,15H2. The van der Waals surface area contributed by atoms with E-state index >= 15 is 0 Å². The third-order valence-electron chi connectivity index (χ3n) is 4.60. The molecule has 1 saturated heterocycles. The van der Waals surface area contributed by atoms with Crippen LogP contribution in [0.15, 0.2) is 12.1 Å². The number of rotatable bonds is 2. The lowest BCUT2D eigenvalue weighted by atomic mass is 9.86. The molecule has 0 spiro atoms. The zero-order valence-electron chi connectivity index (χ0n) is 10.2. The lowest BCUT2D eigenvalue weighted by Crippen LogP contribution is -2.69. The molecule has 2 aliphatic carbocycles. The Labute approximate surface area is 102 Å². The van der Waals surface area contributed by atoms with Gasteiger partial charge in [0.1, 0.15) is 5.82 Å². The van der Waals surface area contributed by atoms with Crippen LogP contribution in [0.4, 0.5) is 5.82 Å². The Kier molecular flexibility index (Phi) is 1.88. The van der Waals surface area contributed by atoms with E-state index in [1.807, 2.05) is 0 Å². The van der Waals surface area contributed by atoms with Crippen LogP contribution in [0.2, 0.25) is 0 Å². The molecule has 1 aliphatic heterocycles. The summed E-state index contributed by atoms with van der Waals surface area (Å²) in [7, 11) is 0. The van der Waals surface area contributed by atoms with Gasteiger partial charge in [-0.3, -0.25) is 0 Å². The van der Waals surface area contributed by atoms with E-state index in [4.69, 9.17) is 10.7 Å². The Morgan fingerprint density at radius 3 is 2.82 bits per heavy atom. The molecule has 2 heterocycles. The lowest BCUT2D eigenvalue weighted by molar-refractivity contribution is 0.289. The van der Waals surface area contributed by atoms with Crippen LogP contribution in [0.1, 0.15) is 30.5 Å². The lowest BCUT2D eigenvalue weighted by Gasteiger charge is -2.49. The molecule has 4 rings (SSSR count). The van der Waals surface area contributed by atoms with E-state index in [0.29, 0.717) is 0 Å². The van der Waals surface area contributed by atoms with Crippen LogP contribution in [-0.4, -0.2) is 23.6 Å². The number of aryl methyl sites for hydroxylation is 2. The molecule has 17 heavy (non-hydrogen) atoms. The summed E-state index contributed by atoms with van der Waals surface area (Å²) < 4.78 is 0. The van der Waals surface area contributed by atoms with Crippen LogP contribution < -0.4 is 10.6 Å². The van der Waals surface area contributed by atoms with Gasteiger partial charge < -0.3 is 10.6 Å². The molecule has 0 amide bonds. The monoisotopic (exact) mass is 229 g/mol. The summed E-state index contributed by atoms with van der Waals surface area (Å²) in [6, 6.07) is 4.44. The van der Waals surface area contributed by atoms with E-state index in [1.54, 1.807) is 0 Å². The van der Waals surface area contributed by atoms with Crippen molar-refractivity contribution in [2.75, 3.05) is 18.0 Å². The third-order valence-corrected chi connectivity index (χ3v) is 4.60. The Morgan fingerprint density at radius 2 is 2.06 bits per heavy atom. The van der Waals surface area contributed by atoms with Crippen molar-refractivity contribution in [1.29, 1.82) is 0 Å². The van der Waals surface area contributed by atoms with Crippen LogP contribution in [0.25, 0.3) is 0 Å².